The molecule has 4 rings (SSSR count). The van der Waals surface area contributed by atoms with E-state index < -0.39 is 0 Å². The number of hydrogen-bond donors (Lipinski definition) is 0. The third-order valence-corrected chi connectivity index (χ3v) is 5.69. The van der Waals surface area contributed by atoms with E-state index in [1.54, 1.807) is 0 Å². The fourth-order valence-electron chi connectivity index (χ4n) is 4.11. The molecule has 26 heavy (non-hydrogen) atoms. The van der Waals surface area contributed by atoms with Crippen molar-refractivity contribution in [1.82, 2.24) is 14.9 Å². The van der Waals surface area contributed by atoms with Gasteiger partial charge in [-0.25, -0.2) is 9.97 Å². The number of fused-ring (bicyclic) bond motifs is 2. The van der Waals surface area contributed by atoms with Crippen LogP contribution in [-0.2, 0) is 23.3 Å². The van der Waals surface area contributed by atoms with Crippen molar-refractivity contribution in [3.8, 4) is 0 Å². The number of hydrogen-bond acceptors (Lipinski definition) is 5. The summed E-state index contributed by atoms with van der Waals surface area (Å²) in [5.74, 6) is 0.788. The van der Waals surface area contributed by atoms with Crippen molar-refractivity contribution in [3.63, 3.8) is 0 Å². The molecule has 2 aromatic rings. The molecule has 0 unspecified atom stereocenters. The summed E-state index contributed by atoms with van der Waals surface area (Å²) in [6, 6.07) is 8.12. The molecule has 1 fully saturated rings. The van der Waals surface area contributed by atoms with Gasteiger partial charge < -0.3 is 9.64 Å². The van der Waals surface area contributed by atoms with Gasteiger partial charge in [0.1, 0.15) is 0 Å². The number of anilines is 1. The van der Waals surface area contributed by atoms with Crippen molar-refractivity contribution in [2.45, 2.75) is 31.9 Å². The van der Waals surface area contributed by atoms with E-state index in [-0.39, 0.29) is 5.41 Å². The summed E-state index contributed by atoms with van der Waals surface area (Å²) in [6.07, 6.45) is 1.06. The van der Waals surface area contributed by atoms with Crippen LogP contribution in [0.15, 0.2) is 24.3 Å². The lowest BCUT2D eigenvalue weighted by Crippen LogP contribution is -2.41. The summed E-state index contributed by atoms with van der Waals surface area (Å²) < 4.78 is 5.99. The first-order chi connectivity index (χ1) is 12.5. The summed E-state index contributed by atoms with van der Waals surface area (Å²) in [7, 11) is 3.99. The zero-order chi connectivity index (χ0) is 18.3. The highest BCUT2D eigenvalue weighted by molar-refractivity contribution is 6.30. The average molecular weight is 373 g/mol. The lowest BCUT2D eigenvalue weighted by atomic mass is 9.80. The second kappa shape index (κ2) is 6.80. The highest BCUT2D eigenvalue weighted by atomic mass is 35.5. The lowest BCUT2D eigenvalue weighted by Gasteiger charge is -2.35. The highest BCUT2D eigenvalue weighted by Gasteiger charge is 2.45. The molecule has 1 aromatic carbocycles. The van der Waals surface area contributed by atoms with Crippen LogP contribution in [0.4, 0.5) is 5.95 Å². The largest absolute Gasteiger partial charge is 0.376 e. The Morgan fingerprint density at radius 3 is 2.92 bits per heavy atom. The maximum Gasteiger partial charge on any atom is 0.225 e. The number of aryl methyl sites for hydroxylation is 1. The number of rotatable bonds is 3. The van der Waals surface area contributed by atoms with E-state index in [0.29, 0.717) is 6.61 Å². The molecule has 0 amide bonds. The summed E-state index contributed by atoms with van der Waals surface area (Å²) in [4.78, 5) is 14.1. The molecule has 0 aliphatic carbocycles. The molecule has 2 aliphatic rings. The van der Waals surface area contributed by atoms with Crippen molar-refractivity contribution in [3.05, 3.63) is 51.8 Å². The molecule has 1 saturated heterocycles. The molecule has 5 nitrogen and oxygen atoms in total. The van der Waals surface area contributed by atoms with Crippen LogP contribution in [0.1, 0.15) is 28.9 Å². The summed E-state index contributed by atoms with van der Waals surface area (Å²) in [5, 5.41) is 0.793. The van der Waals surface area contributed by atoms with Gasteiger partial charge in [-0.3, -0.25) is 4.90 Å². The summed E-state index contributed by atoms with van der Waals surface area (Å²) in [5.41, 5.74) is 4.61. The Kier molecular flexibility index (Phi) is 4.63. The lowest BCUT2D eigenvalue weighted by molar-refractivity contribution is 0.0498. The van der Waals surface area contributed by atoms with Crippen molar-refractivity contribution in [2.24, 2.45) is 0 Å². The first-order valence-corrected chi connectivity index (χ1v) is 9.44. The Morgan fingerprint density at radius 2 is 2.15 bits per heavy atom. The van der Waals surface area contributed by atoms with Gasteiger partial charge in [-0.15, -0.1) is 0 Å². The first kappa shape index (κ1) is 17.7. The van der Waals surface area contributed by atoms with Gasteiger partial charge in [-0.1, -0.05) is 23.7 Å². The number of nitrogens with zero attached hydrogens (tertiary/aromatic N) is 4. The average Bonchev–Trinajstić information content (AvgIpc) is 2.99. The Bertz CT molecular complexity index is 825. The Balaban J connectivity index is 1.63. The second-order valence-corrected chi connectivity index (χ2v) is 8.13. The van der Waals surface area contributed by atoms with E-state index in [1.165, 1.54) is 16.8 Å². The molecule has 1 atom stereocenters. The second-order valence-electron chi connectivity index (χ2n) is 7.69. The van der Waals surface area contributed by atoms with E-state index >= 15 is 0 Å². The van der Waals surface area contributed by atoms with Gasteiger partial charge >= 0.3 is 0 Å². The molecule has 1 spiro atoms. The van der Waals surface area contributed by atoms with Crippen LogP contribution in [0, 0.1) is 6.92 Å². The molecule has 0 radical (unpaired) electrons. The SMILES string of the molecule is Cc1nc(N(C)C)nc2c1COC[C@@]21CCN(Cc2cccc(Cl)c2)C1. The summed E-state index contributed by atoms with van der Waals surface area (Å²) in [6.45, 7) is 6.31. The van der Waals surface area contributed by atoms with Crippen LogP contribution in [0.5, 0.6) is 0 Å². The van der Waals surface area contributed by atoms with Crippen LogP contribution in [0.25, 0.3) is 0 Å². The monoisotopic (exact) mass is 372 g/mol. The maximum atomic E-state index is 6.14. The molecule has 6 heteroatoms. The van der Waals surface area contributed by atoms with Crippen LogP contribution < -0.4 is 4.90 Å². The predicted octanol–water partition coefficient (Wildman–Crippen LogP) is 3.18. The van der Waals surface area contributed by atoms with Crippen LogP contribution in [0.2, 0.25) is 5.02 Å². The minimum Gasteiger partial charge on any atom is -0.376 e. The van der Waals surface area contributed by atoms with Gasteiger partial charge in [0.05, 0.1) is 24.3 Å². The Morgan fingerprint density at radius 1 is 1.31 bits per heavy atom. The highest BCUT2D eigenvalue weighted by Crippen LogP contribution is 2.40. The molecule has 3 heterocycles. The fourth-order valence-corrected chi connectivity index (χ4v) is 4.32. The third kappa shape index (κ3) is 3.20. The zero-order valence-corrected chi connectivity index (χ0v) is 16.4. The van der Waals surface area contributed by atoms with Gasteiger partial charge in [0, 0.05) is 43.5 Å². The fraction of sp³-hybridized carbons (Fsp3) is 0.500. The van der Waals surface area contributed by atoms with E-state index in [0.717, 1.165) is 49.3 Å². The van der Waals surface area contributed by atoms with Crippen molar-refractivity contribution in [2.75, 3.05) is 38.7 Å². The molecule has 0 saturated carbocycles. The van der Waals surface area contributed by atoms with E-state index in [9.17, 15) is 0 Å². The van der Waals surface area contributed by atoms with E-state index in [4.69, 9.17) is 21.3 Å². The van der Waals surface area contributed by atoms with Crippen molar-refractivity contribution in [1.29, 1.82) is 0 Å². The number of aromatic nitrogens is 2. The zero-order valence-electron chi connectivity index (χ0n) is 15.6. The Hall–Kier alpha value is -1.69. The first-order valence-electron chi connectivity index (χ1n) is 9.07. The van der Waals surface area contributed by atoms with Gasteiger partial charge in [0.2, 0.25) is 5.95 Å². The summed E-state index contributed by atoms with van der Waals surface area (Å²) >= 11 is 6.14. The molecule has 1 aromatic heterocycles. The quantitative estimate of drug-likeness (QED) is 0.827. The van der Waals surface area contributed by atoms with Crippen molar-refractivity contribution < 1.29 is 4.74 Å². The number of likely N-dealkylation sites (tertiary alicyclic amines) is 1. The molecule has 0 N–H and O–H groups in total. The van der Waals surface area contributed by atoms with Gasteiger partial charge in [-0.2, -0.15) is 0 Å². The third-order valence-electron chi connectivity index (χ3n) is 5.46. The van der Waals surface area contributed by atoms with Gasteiger partial charge in [0.25, 0.3) is 0 Å². The molecule has 0 bridgehead atoms. The molecular weight excluding hydrogens is 348 g/mol. The normalized spacial score (nSPS) is 22.6. The minimum absolute atomic E-state index is 0.0371. The van der Waals surface area contributed by atoms with Crippen LogP contribution in [0.3, 0.4) is 0 Å². The van der Waals surface area contributed by atoms with Crippen LogP contribution in [-0.4, -0.2) is 48.7 Å². The molecular formula is C20H25ClN4O. The van der Waals surface area contributed by atoms with Gasteiger partial charge in [0.15, 0.2) is 0 Å². The predicted molar refractivity (Wildman–Crippen MR) is 104 cm³/mol. The molecule has 2 aliphatic heterocycles. The maximum absolute atomic E-state index is 6.14. The Labute approximate surface area is 160 Å². The molecule has 138 valence electrons. The number of benzene rings is 1. The van der Waals surface area contributed by atoms with Crippen molar-refractivity contribution >= 4 is 17.5 Å². The standard InChI is InChI=1S/C20H25ClN4O/c1-14-17-11-26-13-20(18(17)23-19(22-14)24(2)3)7-8-25(12-20)10-15-5-4-6-16(21)9-15/h4-6,9H,7-8,10-13H2,1-3H3/t20-/m0/s1. The number of halogens is 1. The van der Waals surface area contributed by atoms with E-state index in [2.05, 4.69) is 22.9 Å². The van der Waals surface area contributed by atoms with Crippen LogP contribution >= 0.6 is 11.6 Å². The van der Waals surface area contributed by atoms with E-state index in [1.807, 2.05) is 37.2 Å². The number of ether oxygens (including phenoxy) is 1. The topological polar surface area (TPSA) is 41.5 Å². The van der Waals surface area contributed by atoms with Gasteiger partial charge in [-0.05, 0) is 37.6 Å². The minimum atomic E-state index is -0.0371. The smallest absolute Gasteiger partial charge is 0.225 e.